The summed E-state index contributed by atoms with van der Waals surface area (Å²) in [6.45, 7) is 0. The van der Waals surface area contributed by atoms with E-state index in [2.05, 4.69) is 20.2 Å². The highest BCUT2D eigenvalue weighted by Crippen LogP contribution is 2.27. The van der Waals surface area contributed by atoms with E-state index in [1.54, 1.807) is 11.3 Å². The SMILES string of the molecule is Clc1nc(CSc2nnc3ccccn23)nc2sccc12. The van der Waals surface area contributed by atoms with Crippen LogP contribution >= 0.6 is 34.7 Å². The molecule has 0 aliphatic heterocycles. The Morgan fingerprint density at radius 3 is 3.10 bits per heavy atom. The fraction of sp³-hybridized carbons (Fsp3) is 0.0769. The fourth-order valence-corrected chi connectivity index (χ4v) is 3.84. The van der Waals surface area contributed by atoms with Crippen molar-refractivity contribution in [1.29, 1.82) is 0 Å². The number of hydrogen-bond donors (Lipinski definition) is 0. The standard InChI is InChI=1S/C13H8ClN5S2/c14-11-8-4-6-20-12(8)16-9(15-11)7-21-13-18-17-10-3-1-2-5-19(10)13/h1-6H,7H2. The highest BCUT2D eigenvalue weighted by Gasteiger charge is 2.10. The van der Waals surface area contributed by atoms with Crippen molar-refractivity contribution in [3.8, 4) is 0 Å². The zero-order chi connectivity index (χ0) is 14.2. The molecular weight excluding hydrogens is 326 g/mol. The number of aromatic nitrogens is 5. The van der Waals surface area contributed by atoms with Gasteiger partial charge in [-0.25, -0.2) is 9.97 Å². The van der Waals surface area contributed by atoms with Gasteiger partial charge in [-0.3, -0.25) is 4.40 Å². The van der Waals surface area contributed by atoms with Gasteiger partial charge in [-0.15, -0.1) is 21.5 Å². The first kappa shape index (κ1) is 13.0. The number of nitrogens with zero attached hydrogens (tertiary/aromatic N) is 5. The maximum atomic E-state index is 6.17. The quantitative estimate of drug-likeness (QED) is 0.423. The average Bonchev–Trinajstić information content (AvgIpc) is 3.12. The molecule has 0 N–H and O–H groups in total. The number of rotatable bonds is 3. The Balaban J connectivity index is 1.63. The van der Waals surface area contributed by atoms with Gasteiger partial charge in [0.05, 0.1) is 5.75 Å². The minimum absolute atomic E-state index is 0.503. The van der Waals surface area contributed by atoms with Gasteiger partial charge in [0.2, 0.25) is 0 Å². The molecular formula is C13H8ClN5S2. The molecule has 4 aromatic rings. The molecule has 0 saturated carbocycles. The van der Waals surface area contributed by atoms with Gasteiger partial charge in [0.15, 0.2) is 10.8 Å². The summed E-state index contributed by atoms with van der Waals surface area (Å²) in [6, 6.07) is 7.74. The van der Waals surface area contributed by atoms with Gasteiger partial charge in [-0.05, 0) is 23.6 Å². The lowest BCUT2D eigenvalue weighted by Crippen LogP contribution is -1.94. The minimum Gasteiger partial charge on any atom is -0.277 e. The molecule has 8 heteroatoms. The predicted octanol–water partition coefficient (Wildman–Crippen LogP) is 3.68. The monoisotopic (exact) mass is 333 g/mol. The molecule has 0 bridgehead atoms. The summed E-state index contributed by atoms with van der Waals surface area (Å²) in [7, 11) is 0. The molecule has 0 atom stereocenters. The summed E-state index contributed by atoms with van der Waals surface area (Å²) in [6.07, 6.45) is 1.94. The number of thiophene rings is 1. The van der Waals surface area contributed by atoms with Gasteiger partial charge in [-0.2, -0.15) is 0 Å². The van der Waals surface area contributed by atoms with Crippen molar-refractivity contribution in [2.24, 2.45) is 0 Å². The molecule has 5 nitrogen and oxygen atoms in total. The van der Waals surface area contributed by atoms with Crippen LogP contribution in [-0.4, -0.2) is 24.6 Å². The molecule has 0 aliphatic rings. The van der Waals surface area contributed by atoms with Gasteiger partial charge < -0.3 is 0 Å². The van der Waals surface area contributed by atoms with E-state index >= 15 is 0 Å². The van der Waals surface area contributed by atoms with Crippen LogP contribution in [0.25, 0.3) is 15.9 Å². The fourth-order valence-electron chi connectivity index (χ4n) is 1.97. The van der Waals surface area contributed by atoms with Crippen LogP contribution in [0.1, 0.15) is 5.82 Å². The van der Waals surface area contributed by atoms with Crippen LogP contribution in [0.3, 0.4) is 0 Å². The van der Waals surface area contributed by atoms with Gasteiger partial charge in [0.1, 0.15) is 15.8 Å². The maximum Gasteiger partial charge on any atom is 0.196 e. The van der Waals surface area contributed by atoms with E-state index in [9.17, 15) is 0 Å². The van der Waals surface area contributed by atoms with Crippen molar-refractivity contribution in [3.63, 3.8) is 0 Å². The van der Waals surface area contributed by atoms with E-state index in [0.717, 1.165) is 21.0 Å². The van der Waals surface area contributed by atoms with Crippen molar-refractivity contribution >= 4 is 50.6 Å². The second kappa shape index (κ2) is 5.25. The lowest BCUT2D eigenvalue weighted by atomic mass is 10.4. The Morgan fingerprint density at radius 1 is 1.19 bits per heavy atom. The summed E-state index contributed by atoms with van der Waals surface area (Å²) in [5.41, 5.74) is 0.827. The first-order valence-electron chi connectivity index (χ1n) is 6.13. The Bertz CT molecular complexity index is 933. The Kier molecular flexibility index (Phi) is 3.25. The molecule has 0 fully saturated rings. The van der Waals surface area contributed by atoms with Gasteiger partial charge >= 0.3 is 0 Å². The number of fused-ring (bicyclic) bond motifs is 2. The molecule has 0 radical (unpaired) electrons. The third-order valence-corrected chi connectivity index (χ3v) is 4.97. The molecule has 104 valence electrons. The van der Waals surface area contributed by atoms with Crippen LogP contribution in [-0.2, 0) is 5.75 Å². The minimum atomic E-state index is 0.503. The Morgan fingerprint density at radius 2 is 2.14 bits per heavy atom. The highest BCUT2D eigenvalue weighted by atomic mass is 35.5. The zero-order valence-electron chi connectivity index (χ0n) is 10.6. The third kappa shape index (κ3) is 2.37. The van der Waals surface area contributed by atoms with Crippen LogP contribution in [0, 0.1) is 0 Å². The largest absolute Gasteiger partial charge is 0.277 e. The van der Waals surface area contributed by atoms with Crippen LogP contribution in [0.5, 0.6) is 0 Å². The van der Waals surface area contributed by atoms with Gasteiger partial charge in [0.25, 0.3) is 0 Å². The number of hydrogen-bond acceptors (Lipinski definition) is 6. The molecule has 0 saturated heterocycles. The molecule has 0 unspecified atom stereocenters. The van der Waals surface area contributed by atoms with Crippen molar-refractivity contribution < 1.29 is 0 Å². The number of thioether (sulfide) groups is 1. The summed E-state index contributed by atoms with van der Waals surface area (Å²) >= 11 is 9.28. The van der Waals surface area contributed by atoms with Crippen molar-refractivity contribution in [2.45, 2.75) is 10.9 Å². The van der Waals surface area contributed by atoms with Crippen LogP contribution in [0.4, 0.5) is 0 Å². The highest BCUT2D eigenvalue weighted by molar-refractivity contribution is 7.98. The van der Waals surface area contributed by atoms with E-state index in [1.807, 2.05) is 40.2 Å². The molecule has 4 heterocycles. The van der Waals surface area contributed by atoms with E-state index in [4.69, 9.17) is 11.6 Å². The van der Waals surface area contributed by atoms with Crippen LogP contribution < -0.4 is 0 Å². The van der Waals surface area contributed by atoms with Crippen molar-refractivity contribution in [2.75, 3.05) is 0 Å². The average molecular weight is 334 g/mol. The van der Waals surface area contributed by atoms with Gasteiger partial charge in [0, 0.05) is 11.6 Å². The lowest BCUT2D eigenvalue weighted by Gasteiger charge is -2.01. The van der Waals surface area contributed by atoms with E-state index in [0.29, 0.717) is 16.7 Å². The summed E-state index contributed by atoms with van der Waals surface area (Å²) in [5, 5.41) is 12.5. The lowest BCUT2D eigenvalue weighted by molar-refractivity contribution is 0.918. The van der Waals surface area contributed by atoms with E-state index < -0.39 is 0 Å². The zero-order valence-corrected chi connectivity index (χ0v) is 13.0. The normalized spacial score (nSPS) is 11.5. The first-order chi connectivity index (χ1) is 10.3. The maximum absolute atomic E-state index is 6.17. The summed E-state index contributed by atoms with van der Waals surface area (Å²) in [5.74, 6) is 1.30. The van der Waals surface area contributed by atoms with Gasteiger partial charge in [-0.1, -0.05) is 29.4 Å². The third-order valence-electron chi connectivity index (χ3n) is 2.94. The summed E-state index contributed by atoms with van der Waals surface area (Å²) in [4.78, 5) is 9.77. The number of halogens is 1. The second-order valence-electron chi connectivity index (χ2n) is 4.27. The second-order valence-corrected chi connectivity index (χ2v) is 6.47. The van der Waals surface area contributed by atoms with Crippen LogP contribution in [0.15, 0.2) is 41.0 Å². The molecule has 0 aromatic carbocycles. The molecule has 21 heavy (non-hydrogen) atoms. The number of pyridine rings is 1. The van der Waals surface area contributed by atoms with E-state index in [-0.39, 0.29) is 0 Å². The van der Waals surface area contributed by atoms with Crippen molar-refractivity contribution in [3.05, 3.63) is 46.8 Å². The molecule has 4 rings (SSSR count). The Labute approximate surface area is 133 Å². The molecule has 0 aliphatic carbocycles. The Hall–Kier alpha value is -1.70. The van der Waals surface area contributed by atoms with Crippen LogP contribution in [0.2, 0.25) is 5.15 Å². The molecule has 0 spiro atoms. The summed E-state index contributed by atoms with van der Waals surface area (Å²) < 4.78 is 1.94. The molecule has 4 aromatic heterocycles. The smallest absolute Gasteiger partial charge is 0.196 e. The topological polar surface area (TPSA) is 56.0 Å². The first-order valence-corrected chi connectivity index (χ1v) is 8.38. The van der Waals surface area contributed by atoms with E-state index in [1.165, 1.54) is 11.8 Å². The molecule has 0 amide bonds. The predicted molar refractivity (Wildman–Crippen MR) is 85.0 cm³/mol. The van der Waals surface area contributed by atoms with Crippen molar-refractivity contribution in [1.82, 2.24) is 24.6 Å².